The van der Waals surface area contributed by atoms with Crippen LogP contribution in [-0.4, -0.2) is 18.5 Å². The predicted molar refractivity (Wildman–Crippen MR) is 76.2 cm³/mol. The summed E-state index contributed by atoms with van der Waals surface area (Å²) in [6.45, 7) is 7.15. The molecule has 1 rings (SSSR count). The van der Waals surface area contributed by atoms with Crippen LogP contribution in [0.25, 0.3) is 0 Å². The molecule has 3 heteroatoms. The smallest absolute Gasteiger partial charge is 0.222 e. The van der Waals surface area contributed by atoms with Crippen LogP contribution in [0.15, 0.2) is 0 Å². The zero-order chi connectivity index (χ0) is 13.6. The molecule has 0 aliphatic heterocycles. The van der Waals surface area contributed by atoms with E-state index in [-0.39, 0.29) is 17.9 Å². The van der Waals surface area contributed by atoms with Crippen molar-refractivity contribution < 1.29 is 4.79 Å². The maximum atomic E-state index is 12.0. The minimum absolute atomic E-state index is 0.123. The normalized spacial score (nSPS) is 20.9. The number of nitrogens with two attached hydrogens (primary N) is 1. The first kappa shape index (κ1) is 15.5. The molecule has 3 nitrogen and oxygen atoms in total. The summed E-state index contributed by atoms with van der Waals surface area (Å²) in [7, 11) is 0. The van der Waals surface area contributed by atoms with Crippen LogP contribution < -0.4 is 11.1 Å². The van der Waals surface area contributed by atoms with E-state index in [1.807, 2.05) is 13.8 Å². The van der Waals surface area contributed by atoms with E-state index in [0.29, 0.717) is 5.41 Å². The SMILES string of the molecule is CCC1(CNC(=O)C(C)CCCC(C)N)CCC1. The summed E-state index contributed by atoms with van der Waals surface area (Å²) in [6, 6.07) is 0.249. The van der Waals surface area contributed by atoms with Crippen LogP contribution in [0.3, 0.4) is 0 Å². The first-order valence-corrected chi connectivity index (χ1v) is 7.52. The molecule has 1 saturated carbocycles. The van der Waals surface area contributed by atoms with Crippen LogP contribution in [0.1, 0.15) is 65.7 Å². The van der Waals surface area contributed by atoms with E-state index in [2.05, 4.69) is 12.2 Å². The Balaban J connectivity index is 2.19. The van der Waals surface area contributed by atoms with Gasteiger partial charge in [-0.2, -0.15) is 0 Å². The van der Waals surface area contributed by atoms with Crippen molar-refractivity contribution in [3.63, 3.8) is 0 Å². The maximum Gasteiger partial charge on any atom is 0.222 e. The second-order valence-corrected chi connectivity index (χ2v) is 6.23. The van der Waals surface area contributed by atoms with Crippen LogP contribution in [0.5, 0.6) is 0 Å². The number of hydrogen-bond acceptors (Lipinski definition) is 2. The Kier molecular flexibility index (Phi) is 6.13. The van der Waals surface area contributed by atoms with Gasteiger partial charge >= 0.3 is 0 Å². The molecular formula is C15H30N2O. The third kappa shape index (κ3) is 4.60. The third-order valence-corrected chi connectivity index (χ3v) is 4.55. The van der Waals surface area contributed by atoms with Gasteiger partial charge < -0.3 is 11.1 Å². The molecule has 0 aromatic heterocycles. The average molecular weight is 254 g/mol. The van der Waals surface area contributed by atoms with Crippen LogP contribution in [-0.2, 0) is 4.79 Å². The lowest BCUT2D eigenvalue weighted by Crippen LogP contribution is -2.43. The average Bonchev–Trinajstić information content (AvgIpc) is 2.27. The van der Waals surface area contributed by atoms with Crippen molar-refractivity contribution in [2.24, 2.45) is 17.1 Å². The van der Waals surface area contributed by atoms with Gasteiger partial charge in [0.25, 0.3) is 0 Å². The fourth-order valence-corrected chi connectivity index (χ4v) is 2.66. The van der Waals surface area contributed by atoms with Gasteiger partial charge in [0.2, 0.25) is 5.91 Å². The summed E-state index contributed by atoms with van der Waals surface area (Å²) in [5.74, 6) is 0.345. The molecule has 2 atom stereocenters. The highest BCUT2D eigenvalue weighted by Crippen LogP contribution is 2.43. The number of hydrogen-bond donors (Lipinski definition) is 2. The molecule has 1 aliphatic carbocycles. The Hall–Kier alpha value is -0.570. The Labute approximate surface area is 112 Å². The molecule has 1 amide bonds. The van der Waals surface area contributed by atoms with E-state index in [1.165, 1.54) is 25.7 Å². The predicted octanol–water partition coefficient (Wildman–Crippen LogP) is 2.84. The van der Waals surface area contributed by atoms with Gasteiger partial charge in [-0.3, -0.25) is 4.79 Å². The van der Waals surface area contributed by atoms with Crippen molar-refractivity contribution in [1.29, 1.82) is 0 Å². The molecule has 2 unspecified atom stereocenters. The molecular weight excluding hydrogens is 224 g/mol. The van der Waals surface area contributed by atoms with Gasteiger partial charge in [0.15, 0.2) is 0 Å². The number of amides is 1. The van der Waals surface area contributed by atoms with Crippen molar-refractivity contribution in [2.45, 2.75) is 71.8 Å². The van der Waals surface area contributed by atoms with Gasteiger partial charge in [-0.05, 0) is 44.4 Å². The summed E-state index contributed by atoms with van der Waals surface area (Å²) in [5, 5.41) is 3.14. The molecule has 1 aliphatic rings. The molecule has 1 fully saturated rings. The van der Waals surface area contributed by atoms with Crippen molar-refractivity contribution >= 4 is 5.91 Å². The minimum atomic E-state index is 0.123. The van der Waals surface area contributed by atoms with E-state index in [1.54, 1.807) is 0 Å². The Morgan fingerprint density at radius 2 is 2.00 bits per heavy atom. The Morgan fingerprint density at radius 3 is 2.44 bits per heavy atom. The highest BCUT2D eigenvalue weighted by atomic mass is 16.1. The van der Waals surface area contributed by atoms with E-state index < -0.39 is 0 Å². The first-order valence-electron chi connectivity index (χ1n) is 7.52. The van der Waals surface area contributed by atoms with Gasteiger partial charge in [0, 0.05) is 18.5 Å². The summed E-state index contributed by atoms with van der Waals surface area (Å²) in [5.41, 5.74) is 6.13. The molecule has 3 N–H and O–H groups in total. The minimum Gasteiger partial charge on any atom is -0.355 e. The van der Waals surface area contributed by atoms with E-state index in [9.17, 15) is 4.79 Å². The fraction of sp³-hybridized carbons (Fsp3) is 0.933. The topological polar surface area (TPSA) is 55.1 Å². The van der Waals surface area contributed by atoms with Crippen LogP contribution in [0, 0.1) is 11.3 Å². The van der Waals surface area contributed by atoms with Gasteiger partial charge in [-0.15, -0.1) is 0 Å². The number of carbonyl (C=O) groups is 1. The zero-order valence-electron chi connectivity index (χ0n) is 12.3. The second kappa shape index (κ2) is 7.13. The number of carbonyl (C=O) groups excluding carboxylic acids is 1. The molecule has 0 spiro atoms. The monoisotopic (exact) mass is 254 g/mol. The van der Waals surface area contributed by atoms with Crippen LogP contribution in [0.4, 0.5) is 0 Å². The van der Waals surface area contributed by atoms with E-state index in [4.69, 9.17) is 5.73 Å². The van der Waals surface area contributed by atoms with Crippen molar-refractivity contribution in [3.8, 4) is 0 Å². The molecule has 0 aromatic carbocycles. The summed E-state index contributed by atoms with van der Waals surface area (Å²) >= 11 is 0. The summed E-state index contributed by atoms with van der Waals surface area (Å²) in [6.07, 6.45) is 8.08. The largest absolute Gasteiger partial charge is 0.355 e. The molecule has 0 aromatic rings. The number of rotatable bonds is 8. The lowest BCUT2D eigenvalue weighted by Gasteiger charge is -2.41. The Morgan fingerprint density at radius 1 is 1.33 bits per heavy atom. The van der Waals surface area contributed by atoms with E-state index >= 15 is 0 Å². The Bertz CT molecular complexity index is 254. The van der Waals surface area contributed by atoms with Crippen LogP contribution >= 0.6 is 0 Å². The second-order valence-electron chi connectivity index (χ2n) is 6.23. The maximum absolute atomic E-state index is 12.0. The fourth-order valence-electron chi connectivity index (χ4n) is 2.66. The lowest BCUT2D eigenvalue weighted by molar-refractivity contribution is -0.125. The zero-order valence-corrected chi connectivity index (χ0v) is 12.3. The molecule has 0 radical (unpaired) electrons. The van der Waals surface area contributed by atoms with Crippen molar-refractivity contribution in [3.05, 3.63) is 0 Å². The van der Waals surface area contributed by atoms with Gasteiger partial charge in [0.05, 0.1) is 0 Å². The lowest BCUT2D eigenvalue weighted by atomic mass is 9.67. The van der Waals surface area contributed by atoms with E-state index in [0.717, 1.165) is 25.8 Å². The van der Waals surface area contributed by atoms with Gasteiger partial charge in [0.1, 0.15) is 0 Å². The quantitative estimate of drug-likeness (QED) is 0.700. The van der Waals surface area contributed by atoms with Gasteiger partial charge in [-0.25, -0.2) is 0 Å². The number of nitrogens with one attached hydrogen (secondary N) is 1. The third-order valence-electron chi connectivity index (χ3n) is 4.55. The highest BCUT2D eigenvalue weighted by molar-refractivity contribution is 5.78. The molecule has 0 heterocycles. The molecule has 106 valence electrons. The molecule has 0 saturated heterocycles. The highest BCUT2D eigenvalue weighted by Gasteiger charge is 2.35. The summed E-state index contributed by atoms with van der Waals surface area (Å²) < 4.78 is 0. The van der Waals surface area contributed by atoms with Gasteiger partial charge in [-0.1, -0.05) is 26.7 Å². The standard InChI is InChI=1S/C15H30N2O/c1-4-15(9-6-10-15)11-17-14(18)12(2)7-5-8-13(3)16/h12-13H,4-11,16H2,1-3H3,(H,17,18). The first-order chi connectivity index (χ1) is 8.49. The van der Waals surface area contributed by atoms with Crippen LogP contribution in [0.2, 0.25) is 0 Å². The summed E-state index contributed by atoms with van der Waals surface area (Å²) in [4.78, 5) is 12.0. The van der Waals surface area contributed by atoms with Crippen molar-refractivity contribution in [1.82, 2.24) is 5.32 Å². The molecule has 0 bridgehead atoms. The molecule has 18 heavy (non-hydrogen) atoms. The van der Waals surface area contributed by atoms with Crippen molar-refractivity contribution in [2.75, 3.05) is 6.54 Å².